The van der Waals surface area contributed by atoms with Crippen LogP contribution in [0, 0.1) is 19.7 Å². The zero-order valence-electron chi connectivity index (χ0n) is 11.9. The number of benzene rings is 1. The normalized spacial score (nSPS) is 10.6. The number of carbonyl (C=O) groups is 1. The largest absolute Gasteiger partial charge is 0.561 e. The molecule has 0 aliphatic carbocycles. The van der Waals surface area contributed by atoms with E-state index in [1.165, 1.54) is 12.1 Å². The quantitative estimate of drug-likeness (QED) is 0.605. The molecule has 0 unspecified atom stereocenters. The van der Waals surface area contributed by atoms with Gasteiger partial charge < -0.3 is 14.4 Å². The molecular formula is C15H17FNO4+. The van der Waals surface area contributed by atoms with Gasteiger partial charge in [0, 0.05) is 16.4 Å². The standard InChI is InChI=1S/C15H16FNO4/c1-9-12(10(2)21-17-9)4-3-7-20-14-8-11(15(18)19)5-6-13(14)16/h5-6,8H,3-4,7H2,1-2H3,(H,18,19)/p+1. The highest BCUT2D eigenvalue weighted by molar-refractivity contribution is 5.88. The molecule has 0 atom stereocenters. The van der Waals surface area contributed by atoms with E-state index in [1.807, 2.05) is 13.8 Å². The van der Waals surface area contributed by atoms with E-state index < -0.39 is 11.8 Å². The average molecular weight is 294 g/mol. The van der Waals surface area contributed by atoms with Gasteiger partial charge in [0.1, 0.15) is 11.3 Å². The smallest absolute Gasteiger partial charge is 0.549 e. The lowest BCUT2D eigenvalue weighted by atomic mass is 10.1. The minimum Gasteiger partial charge on any atom is -0.561 e. The van der Waals surface area contributed by atoms with Crippen molar-refractivity contribution in [2.75, 3.05) is 6.61 Å². The first-order chi connectivity index (χ1) is 9.99. The van der Waals surface area contributed by atoms with Gasteiger partial charge in [-0.1, -0.05) is 5.16 Å². The van der Waals surface area contributed by atoms with Gasteiger partial charge in [0.05, 0.1) is 12.3 Å². The van der Waals surface area contributed by atoms with Crippen LogP contribution >= 0.6 is 0 Å². The Kier molecular flexibility index (Phi) is 4.57. The maximum absolute atomic E-state index is 13.5. The van der Waals surface area contributed by atoms with Crippen molar-refractivity contribution in [3.05, 3.63) is 46.6 Å². The predicted octanol–water partition coefficient (Wildman–Crippen LogP) is 2.31. The fraction of sp³-hybridized carbons (Fsp3) is 0.333. The summed E-state index contributed by atoms with van der Waals surface area (Å²) in [5, 5.41) is 10.9. The zero-order valence-corrected chi connectivity index (χ0v) is 11.9. The number of hydrogen-bond donors (Lipinski definition) is 0. The first kappa shape index (κ1) is 15.0. The summed E-state index contributed by atoms with van der Waals surface area (Å²) in [6.45, 7) is 4.02. The Morgan fingerprint density at radius 2 is 2.19 bits per heavy atom. The van der Waals surface area contributed by atoms with Crippen LogP contribution in [0.1, 0.15) is 33.8 Å². The van der Waals surface area contributed by atoms with Gasteiger partial charge in [-0.3, -0.25) is 0 Å². The van der Waals surface area contributed by atoms with Gasteiger partial charge in [0.2, 0.25) is 0 Å². The van der Waals surface area contributed by atoms with E-state index in [4.69, 9.17) is 14.4 Å². The average Bonchev–Trinajstić information content (AvgIpc) is 2.76. The Morgan fingerprint density at radius 1 is 1.43 bits per heavy atom. The lowest BCUT2D eigenvalue weighted by molar-refractivity contribution is 0.0696. The minimum absolute atomic E-state index is 0.00753. The molecule has 0 radical (unpaired) electrons. The number of aryl methyl sites for hydroxylation is 2. The fourth-order valence-electron chi connectivity index (χ4n) is 2.05. The number of nitrogens with zero attached hydrogens (tertiary/aromatic N) is 1. The summed E-state index contributed by atoms with van der Waals surface area (Å²) in [6, 6.07) is 3.65. The second-order valence-electron chi connectivity index (χ2n) is 4.73. The van der Waals surface area contributed by atoms with Crippen LogP contribution in [0.15, 0.2) is 22.7 Å². The van der Waals surface area contributed by atoms with E-state index in [-0.39, 0.29) is 11.3 Å². The summed E-state index contributed by atoms with van der Waals surface area (Å²) in [7, 11) is 0. The molecule has 112 valence electrons. The Hall–Kier alpha value is -2.37. The third-order valence-corrected chi connectivity index (χ3v) is 3.20. The lowest BCUT2D eigenvalue weighted by Crippen LogP contribution is -2.04. The highest BCUT2D eigenvalue weighted by Crippen LogP contribution is 2.20. The topological polar surface area (TPSA) is 75.2 Å². The van der Waals surface area contributed by atoms with E-state index in [9.17, 15) is 9.18 Å². The monoisotopic (exact) mass is 294 g/mol. The number of ether oxygens (including phenoxy) is 1. The van der Waals surface area contributed by atoms with Crippen LogP contribution in [0.5, 0.6) is 5.75 Å². The number of aromatic nitrogens is 1. The highest BCUT2D eigenvalue weighted by Gasteiger charge is 2.15. The number of hydrogen-bond acceptors (Lipinski definition) is 4. The van der Waals surface area contributed by atoms with E-state index in [0.29, 0.717) is 13.0 Å². The summed E-state index contributed by atoms with van der Waals surface area (Å²) < 4.78 is 23.9. The molecule has 0 bridgehead atoms. The van der Waals surface area contributed by atoms with Crippen LogP contribution in [0.3, 0.4) is 0 Å². The van der Waals surface area contributed by atoms with Gasteiger partial charge in [-0.15, -0.1) is 0 Å². The fourth-order valence-corrected chi connectivity index (χ4v) is 2.05. The van der Waals surface area contributed by atoms with Crippen molar-refractivity contribution in [1.82, 2.24) is 5.16 Å². The first-order valence-corrected chi connectivity index (χ1v) is 6.59. The van der Waals surface area contributed by atoms with Crippen molar-refractivity contribution < 1.29 is 23.6 Å². The third kappa shape index (κ3) is 3.59. The van der Waals surface area contributed by atoms with Crippen LogP contribution in [-0.4, -0.2) is 22.8 Å². The predicted molar refractivity (Wildman–Crippen MR) is 74.1 cm³/mol. The van der Waals surface area contributed by atoms with E-state index in [0.717, 1.165) is 29.5 Å². The molecule has 0 amide bonds. The van der Waals surface area contributed by atoms with Gasteiger partial charge >= 0.3 is 5.97 Å². The lowest BCUT2D eigenvalue weighted by Gasteiger charge is -2.07. The Labute approximate surface area is 121 Å². The van der Waals surface area contributed by atoms with Gasteiger partial charge in [0.15, 0.2) is 11.6 Å². The van der Waals surface area contributed by atoms with Gasteiger partial charge in [0.25, 0.3) is 0 Å². The van der Waals surface area contributed by atoms with Crippen LogP contribution in [0.2, 0.25) is 0 Å². The van der Waals surface area contributed by atoms with Crippen molar-refractivity contribution in [1.29, 1.82) is 0 Å². The molecule has 1 heterocycles. The molecule has 1 aromatic carbocycles. The molecule has 0 fully saturated rings. The molecule has 21 heavy (non-hydrogen) atoms. The number of carbonyl (C=O) groups excluding carboxylic acids is 1. The summed E-state index contributed by atoms with van der Waals surface area (Å²) >= 11 is 0. The molecular weight excluding hydrogens is 277 g/mol. The highest BCUT2D eigenvalue weighted by atomic mass is 19.1. The van der Waals surface area contributed by atoms with Crippen LogP contribution < -0.4 is 4.74 Å². The Morgan fingerprint density at radius 3 is 2.81 bits per heavy atom. The second kappa shape index (κ2) is 6.39. The molecule has 0 aliphatic rings. The van der Waals surface area contributed by atoms with Crippen molar-refractivity contribution in [2.24, 2.45) is 0 Å². The second-order valence-corrected chi connectivity index (χ2v) is 4.73. The summed E-state index contributed by atoms with van der Waals surface area (Å²) in [5.41, 5.74) is 1.99. The summed E-state index contributed by atoms with van der Waals surface area (Å²) in [5.74, 6) is -0.639. The van der Waals surface area contributed by atoms with Gasteiger partial charge in [-0.05, 0) is 38.8 Å². The van der Waals surface area contributed by atoms with Crippen LogP contribution in [0.4, 0.5) is 4.39 Å². The third-order valence-electron chi connectivity index (χ3n) is 3.20. The molecule has 0 saturated heterocycles. The molecule has 1 aromatic heterocycles. The SMILES string of the molecule is Cc1noc(C)c1CCCOc1cc(C(=O)[OH2+])ccc1F. The van der Waals surface area contributed by atoms with Crippen molar-refractivity contribution >= 4 is 5.97 Å². The van der Waals surface area contributed by atoms with Crippen LogP contribution in [0.25, 0.3) is 0 Å². The molecule has 2 aromatic rings. The summed E-state index contributed by atoms with van der Waals surface area (Å²) in [4.78, 5) is 10.9. The molecule has 0 spiro atoms. The van der Waals surface area contributed by atoms with E-state index in [2.05, 4.69) is 5.16 Å². The maximum Gasteiger partial charge on any atom is 0.549 e. The molecule has 2 rings (SSSR count). The summed E-state index contributed by atoms with van der Waals surface area (Å²) in [6.07, 6.45) is 1.39. The van der Waals surface area contributed by atoms with Gasteiger partial charge in [-0.2, -0.15) is 0 Å². The van der Waals surface area contributed by atoms with Crippen molar-refractivity contribution in [3.8, 4) is 5.75 Å². The van der Waals surface area contributed by atoms with Crippen molar-refractivity contribution in [3.63, 3.8) is 0 Å². The molecule has 0 saturated carbocycles. The van der Waals surface area contributed by atoms with Gasteiger partial charge in [-0.25, -0.2) is 4.39 Å². The first-order valence-electron chi connectivity index (χ1n) is 6.59. The molecule has 6 heteroatoms. The Balaban J connectivity index is 1.92. The molecule has 2 N–H and O–H groups in total. The minimum atomic E-state index is -0.865. The molecule has 0 aliphatic heterocycles. The molecule has 5 nitrogen and oxygen atoms in total. The Bertz CT molecular complexity index is 632. The maximum atomic E-state index is 13.5. The van der Waals surface area contributed by atoms with Crippen molar-refractivity contribution in [2.45, 2.75) is 26.7 Å². The zero-order chi connectivity index (χ0) is 15.4. The van der Waals surface area contributed by atoms with E-state index in [1.54, 1.807) is 0 Å². The number of halogens is 1. The number of rotatable bonds is 6. The van der Waals surface area contributed by atoms with E-state index >= 15 is 0 Å². The van der Waals surface area contributed by atoms with Crippen LogP contribution in [-0.2, 0) is 6.42 Å².